The second-order valence-electron chi connectivity index (χ2n) is 4.05. The molecular formula is C13H17N3O3S. The van der Waals surface area contributed by atoms with Crippen molar-refractivity contribution in [1.82, 2.24) is 15.8 Å². The van der Waals surface area contributed by atoms with Crippen LogP contribution in [0.5, 0.6) is 0 Å². The van der Waals surface area contributed by atoms with Gasteiger partial charge in [-0.2, -0.15) is 0 Å². The van der Waals surface area contributed by atoms with E-state index in [2.05, 4.69) is 10.7 Å². The fraction of sp³-hybridized carbons (Fsp3) is 0.308. The molecule has 20 heavy (non-hydrogen) atoms. The maximum Gasteiger partial charge on any atom is 0.426 e. The Hall–Kier alpha value is -2.15. The normalized spacial score (nSPS) is 9.65. The summed E-state index contributed by atoms with van der Waals surface area (Å²) in [5, 5.41) is 12.3. The molecule has 0 saturated heterocycles. The lowest BCUT2D eigenvalue weighted by Gasteiger charge is -2.21. The number of unbranched alkanes of at least 4 members (excludes halogenated alkanes) is 1. The lowest BCUT2D eigenvalue weighted by atomic mass is 10.2. The van der Waals surface area contributed by atoms with E-state index in [1.54, 1.807) is 30.3 Å². The first-order valence-electron chi connectivity index (χ1n) is 6.22. The third-order valence-electron chi connectivity index (χ3n) is 2.47. The highest BCUT2D eigenvalue weighted by molar-refractivity contribution is 7.80. The van der Waals surface area contributed by atoms with Gasteiger partial charge in [-0.15, -0.1) is 0 Å². The van der Waals surface area contributed by atoms with Gasteiger partial charge in [0.15, 0.2) is 5.11 Å². The largest absolute Gasteiger partial charge is 0.464 e. The van der Waals surface area contributed by atoms with E-state index in [1.165, 1.54) is 0 Å². The summed E-state index contributed by atoms with van der Waals surface area (Å²) in [5.41, 5.74) is 2.94. The molecule has 0 atom stereocenters. The van der Waals surface area contributed by atoms with Crippen molar-refractivity contribution in [1.29, 1.82) is 0 Å². The molecule has 0 aromatic heterocycles. The molecule has 1 rings (SSSR count). The van der Waals surface area contributed by atoms with E-state index in [4.69, 9.17) is 17.3 Å². The lowest BCUT2D eigenvalue weighted by molar-refractivity contribution is 0.0970. The van der Waals surface area contributed by atoms with Crippen molar-refractivity contribution in [3.05, 3.63) is 35.9 Å². The number of amides is 2. The smallest absolute Gasteiger partial charge is 0.426 e. The van der Waals surface area contributed by atoms with Gasteiger partial charge >= 0.3 is 6.09 Å². The molecule has 2 amide bonds. The van der Waals surface area contributed by atoms with E-state index in [0.29, 0.717) is 18.5 Å². The molecule has 0 saturated carbocycles. The predicted octanol–water partition coefficient (Wildman–Crippen LogP) is 1.99. The maximum atomic E-state index is 11.8. The van der Waals surface area contributed by atoms with Crippen LogP contribution in [0.1, 0.15) is 30.1 Å². The standard InChI is InChI=1S/C13H17N3O3S/c1-2-3-9-16(13(18)19)15-12(20)14-11(17)10-7-5-4-6-8-10/h4-8H,2-3,9H2,1H3,(H,18,19)(H2,14,15,17,20). The van der Waals surface area contributed by atoms with E-state index in [-0.39, 0.29) is 11.0 Å². The number of hydrogen-bond donors (Lipinski definition) is 3. The molecule has 7 heteroatoms. The molecule has 0 unspecified atom stereocenters. The fourth-order valence-corrected chi connectivity index (χ4v) is 1.63. The van der Waals surface area contributed by atoms with Crippen LogP contribution in [0.3, 0.4) is 0 Å². The van der Waals surface area contributed by atoms with Gasteiger partial charge in [-0.25, -0.2) is 9.80 Å². The molecule has 1 aromatic carbocycles. The maximum absolute atomic E-state index is 11.8. The van der Waals surface area contributed by atoms with Gasteiger partial charge in [-0.05, 0) is 30.8 Å². The topological polar surface area (TPSA) is 81.7 Å². The molecule has 1 aromatic rings. The van der Waals surface area contributed by atoms with E-state index in [0.717, 1.165) is 11.4 Å². The zero-order valence-corrected chi connectivity index (χ0v) is 11.9. The molecule has 108 valence electrons. The van der Waals surface area contributed by atoms with Crippen LogP contribution >= 0.6 is 12.2 Å². The van der Waals surface area contributed by atoms with E-state index in [9.17, 15) is 9.59 Å². The fourth-order valence-electron chi connectivity index (χ4n) is 1.43. The first-order valence-corrected chi connectivity index (χ1v) is 6.63. The molecule has 0 aliphatic rings. The minimum absolute atomic E-state index is 0.0441. The van der Waals surface area contributed by atoms with Gasteiger partial charge < -0.3 is 5.11 Å². The average Bonchev–Trinajstić information content (AvgIpc) is 2.44. The third-order valence-corrected chi connectivity index (χ3v) is 2.66. The van der Waals surface area contributed by atoms with E-state index >= 15 is 0 Å². The Morgan fingerprint density at radius 1 is 1.30 bits per heavy atom. The minimum Gasteiger partial charge on any atom is -0.464 e. The highest BCUT2D eigenvalue weighted by Crippen LogP contribution is 1.98. The van der Waals surface area contributed by atoms with Gasteiger partial charge in [0.25, 0.3) is 5.91 Å². The van der Waals surface area contributed by atoms with Crippen molar-refractivity contribution in [3.63, 3.8) is 0 Å². The Kier molecular flexibility index (Phi) is 6.45. The number of benzene rings is 1. The van der Waals surface area contributed by atoms with Gasteiger partial charge in [0, 0.05) is 12.1 Å². The zero-order chi connectivity index (χ0) is 15.0. The summed E-state index contributed by atoms with van der Waals surface area (Å²) in [7, 11) is 0. The summed E-state index contributed by atoms with van der Waals surface area (Å²) in [6, 6.07) is 8.55. The van der Waals surface area contributed by atoms with E-state index in [1.807, 2.05) is 6.92 Å². The molecule has 0 bridgehead atoms. The molecule has 0 aliphatic heterocycles. The molecule has 0 fully saturated rings. The van der Waals surface area contributed by atoms with Gasteiger partial charge in [-0.3, -0.25) is 15.5 Å². The minimum atomic E-state index is -1.14. The van der Waals surface area contributed by atoms with Gasteiger partial charge in [0.1, 0.15) is 0 Å². The Bertz CT molecular complexity index is 479. The Morgan fingerprint density at radius 3 is 2.50 bits per heavy atom. The van der Waals surface area contributed by atoms with Gasteiger partial charge in [0.05, 0.1) is 0 Å². The molecule has 0 radical (unpaired) electrons. The number of hydrogen-bond acceptors (Lipinski definition) is 3. The first-order chi connectivity index (χ1) is 9.54. The summed E-state index contributed by atoms with van der Waals surface area (Å²) in [6.07, 6.45) is 0.415. The molecule has 6 nitrogen and oxygen atoms in total. The van der Waals surface area contributed by atoms with Crippen LogP contribution in [0.15, 0.2) is 30.3 Å². The number of carbonyl (C=O) groups is 2. The SMILES string of the molecule is CCCCN(NC(=S)NC(=O)c1ccccc1)C(=O)O. The number of rotatable bonds is 4. The summed E-state index contributed by atoms with van der Waals surface area (Å²) < 4.78 is 0. The highest BCUT2D eigenvalue weighted by atomic mass is 32.1. The van der Waals surface area contributed by atoms with Crippen LogP contribution < -0.4 is 10.7 Å². The lowest BCUT2D eigenvalue weighted by Crippen LogP contribution is -2.51. The van der Waals surface area contributed by atoms with Crippen LogP contribution in [0.4, 0.5) is 4.79 Å². The Morgan fingerprint density at radius 2 is 1.95 bits per heavy atom. The number of carboxylic acid groups (broad SMARTS) is 1. The van der Waals surface area contributed by atoms with Crippen LogP contribution in [0.2, 0.25) is 0 Å². The van der Waals surface area contributed by atoms with Crippen molar-refractivity contribution in [2.24, 2.45) is 0 Å². The van der Waals surface area contributed by atoms with Crippen LogP contribution in [-0.2, 0) is 0 Å². The number of thiocarbonyl (C=S) groups is 1. The molecule has 0 spiro atoms. The number of hydrazine groups is 1. The van der Waals surface area contributed by atoms with E-state index < -0.39 is 6.09 Å². The molecule has 0 aliphatic carbocycles. The third kappa shape index (κ3) is 5.23. The average molecular weight is 295 g/mol. The van der Waals surface area contributed by atoms with Gasteiger partial charge in [-0.1, -0.05) is 31.5 Å². The predicted molar refractivity (Wildman–Crippen MR) is 79.3 cm³/mol. The molecule has 3 N–H and O–H groups in total. The molecular weight excluding hydrogens is 278 g/mol. The summed E-state index contributed by atoms with van der Waals surface area (Å²) in [4.78, 5) is 22.8. The number of carbonyl (C=O) groups excluding carboxylic acids is 1. The summed E-state index contributed by atoms with van der Waals surface area (Å²) in [6.45, 7) is 2.25. The van der Waals surface area contributed by atoms with Crippen molar-refractivity contribution in [2.75, 3.05) is 6.54 Å². The zero-order valence-electron chi connectivity index (χ0n) is 11.1. The number of nitrogens with zero attached hydrogens (tertiary/aromatic N) is 1. The van der Waals surface area contributed by atoms with Crippen LogP contribution in [0, 0.1) is 0 Å². The second kappa shape index (κ2) is 8.11. The number of nitrogens with one attached hydrogen (secondary N) is 2. The van der Waals surface area contributed by atoms with Gasteiger partial charge in [0.2, 0.25) is 0 Å². The first kappa shape index (κ1) is 15.9. The second-order valence-corrected chi connectivity index (χ2v) is 4.46. The van der Waals surface area contributed by atoms with Crippen molar-refractivity contribution in [3.8, 4) is 0 Å². The monoisotopic (exact) mass is 295 g/mol. The van der Waals surface area contributed by atoms with Crippen molar-refractivity contribution < 1.29 is 14.7 Å². The van der Waals surface area contributed by atoms with Crippen LogP contribution in [-0.4, -0.2) is 33.8 Å². The Labute approximate surface area is 122 Å². The van der Waals surface area contributed by atoms with Crippen LogP contribution in [0.25, 0.3) is 0 Å². The molecule has 0 heterocycles. The highest BCUT2D eigenvalue weighted by Gasteiger charge is 2.14. The Balaban J connectivity index is 2.53. The van der Waals surface area contributed by atoms with Crippen molar-refractivity contribution >= 4 is 29.3 Å². The van der Waals surface area contributed by atoms with Crippen molar-refractivity contribution in [2.45, 2.75) is 19.8 Å². The summed E-state index contributed by atoms with van der Waals surface area (Å²) >= 11 is 4.93. The quantitative estimate of drug-likeness (QED) is 0.584. The summed E-state index contributed by atoms with van der Waals surface area (Å²) in [5.74, 6) is -0.385.